The Morgan fingerprint density at radius 2 is 1.52 bits per heavy atom. The molecule has 6 heteroatoms. The first-order valence-electron chi connectivity index (χ1n) is 8.76. The average Bonchev–Trinajstić information content (AvgIpc) is 3.05. The Morgan fingerprint density at radius 1 is 0.889 bits per heavy atom. The highest BCUT2D eigenvalue weighted by atomic mass is 79.9. The number of rotatable bonds is 2. The Kier molecular flexibility index (Phi) is 5.58. The molecule has 0 N–H and O–H groups in total. The summed E-state index contributed by atoms with van der Waals surface area (Å²) in [5.41, 5.74) is 5.92. The molecule has 0 bridgehead atoms. The smallest absolute Gasteiger partial charge is 0.187 e. The van der Waals surface area contributed by atoms with Crippen LogP contribution in [0.3, 0.4) is 0 Å². The molecule has 0 unspecified atom stereocenters. The summed E-state index contributed by atoms with van der Waals surface area (Å²) in [6, 6.07) is 17.0. The zero-order chi connectivity index (χ0) is 18.3. The van der Waals surface area contributed by atoms with Crippen LogP contribution in [0.4, 0.5) is 0 Å². The Balaban J connectivity index is 0.00000210. The Labute approximate surface area is 174 Å². The fraction of sp³-hybridized carbons (Fsp3) is 0.286. The zero-order valence-electron chi connectivity index (χ0n) is 15.9. The van der Waals surface area contributed by atoms with Gasteiger partial charge in [0.15, 0.2) is 5.82 Å². The highest BCUT2D eigenvalue weighted by Gasteiger charge is 2.21. The Bertz CT molecular complexity index is 967. The molecule has 3 aromatic rings. The van der Waals surface area contributed by atoms with E-state index in [-0.39, 0.29) is 22.4 Å². The summed E-state index contributed by atoms with van der Waals surface area (Å²) >= 11 is 1.68. The van der Waals surface area contributed by atoms with Crippen molar-refractivity contribution in [1.82, 2.24) is 14.9 Å². The standard InChI is InChI=1S/C21H22N4S.BrH/c1-14-5-7-15(8-6-14)18-13-26-20-23-22-19(25(20)24-18)16-9-11-17(12-10-16)21(2,3)4;/h5-12H,13H2,1-4H3;1H. The molecule has 0 spiro atoms. The van der Waals surface area contributed by atoms with Crippen LogP contribution >= 0.6 is 28.7 Å². The molecule has 0 atom stereocenters. The van der Waals surface area contributed by atoms with Crippen LogP contribution in [-0.2, 0) is 5.41 Å². The lowest BCUT2D eigenvalue weighted by Gasteiger charge is -2.19. The predicted molar refractivity (Wildman–Crippen MR) is 118 cm³/mol. The first-order chi connectivity index (χ1) is 12.4. The van der Waals surface area contributed by atoms with Gasteiger partial charge in [0.1, 0.15) is 0 Å². The maximum Gasteiger partial charge on any atom is 0.212 e. The van der Waals surface area contributed by atoms with E-state index < -0.39 is 0 Å². The Morgan fingerprint density at radius 3 is 2.15 bits per heavy atom. The van der Waals surface area contributed by atoms with Crippen LogP contribution in [0.1, 0.15) is 37.5 Å². The van der Waals surface area contributed by atoms with Gasteiger partial charge in [-0.3, -0.25) is 0 Å². The van der Waals surface area contributed by atoms with Crippen LogP contribution in [0.25, 0.3) is 11.4 Å². The van der Waals surface area contributed by atoms with Crippen molar-refractivity contribution >= 4 is 34.5 Å². The normalized spacial score (nSPS) is 13.6. The minimum absolute atomic E-state index is 0. The van der Waals surface area contributed by atoms with E-state index in [0.717, 1.165) is 33.6 Å². The number of hydrogen-bond donors (Lipinski definition) is 0. The molecule has 0 aliphatic carbocycles. The van der Waals surface area contributed by atoms with Crippen LogP contribution < -0.4 is 0 Å². The fourth-order valence-electron chi connectivity index (χ4n) is 2.91. The number of aromatic nitrogens is 3. The van der Waals surface area contributed by atoms with E-state index in [9.17, 15) is 0 Å². The van der Waals surface area contributed by atoms with Gasteiger partial charge in [0.05, 0.1) is 5.71 Å². The second-order valence-corrected chi connectivity index (χ2v) is 8.59. The van der Waals surface area contributed by atoms with Gasteiger partial charge in [-0.15, -0.1) is 27.2 Å². The highest BCUT2D eigenvalue weighted by molar-refractivity contribution is 8.93. The molecule has 0 radical (unpaired) electrons. The van der Waals surface area contributed by atoms with Crippen molar-refractivity contribution in [2.24, 2.45) is 5.10 Å². The topological polar surface area (TPSA) is 43.1 Å². The van der Waals surface area contributed by atoms with Gasteiger partial charge in [-0.2, -0.15) is 9.78 Å². The molecule has 27 heavy (non-hydrogen) atoms. The van der Waals surface area contributed by atoms with Crippen LogP contribution in [0, 0.1) is 6.92 Å². The summed E-state index contributed by atoms with van der Waals surface area (Å²) in [6.45, 7) is 8.75. The second kappa shape index (κ2) is 7.60. The fourth-order valence-corrected chi connectivity index (χ4v) is 3.75. The monoisotopic (exact) mass is 442 g/mol. The first kappa shape index (κ1) is 19.8. The third kappa shape index (κ3) is 4.01. The molecular formula is C21H23BrN4S. The summed E-state index contributed by atoms with van der Waals surface area (Å²) < 4.78 is 1.87. The lowest BCUT2D eigenvalue weighted by atomic mass is 9.87. The lowest BCUT2D eigenvalue weighted by Crippen LogP contribution is -2.14. The van der Waals surface area contributed by atoms with Gasteiger partial charge in [0, 0.05) is 11.3 Å². The molecule has 1 aliphatic heterocycles. The summed E-state index contributed by atoms with van der Waals surface area (Å²) in [4.78, 5) is 0. The van der Waals surface area contributed by atoms with E-state index in [1.54, 1.807) is 11.8 Å². The van der Waals surface area contributed by atoms with Crippen LogP contribution in [-0.4, -0.2) is 26.3 Å². The SMILES string of the molecule is Br.Cc1ccc(C2=Nn3c(nnc3-c3ccc(C(C)(C)C)cc3)SC2)cc1. The molecule has 0 amide bonds. The highest BCUT2D eigenvalue weighted by Crippen LogP contribution is 2.30. The summed E-state index contributed by atoms with van der Waals surface area (Å²) in [6.07, 6.45) is 0. The molecule has 0 saturated carbocycles. The number of aryl methyl sites for hydroxylation is 1. The number of halogens is 1. The molecule has 4 nitrogen and oxygen atoms in total. The predicted octanol–water partition coefficient (Wildman–Crippen LogP) is 5.49. The minimum Gasteiger partial charge on any atom is -0.187 e. The number of nitrogens with zero attached hydrogens (tertiary/aromatic N) is 4. The molecule has 1 aliphatic rings. The third-order valence-corrected chi connectivity index (χ3v) is 5.50. The van der Waals surface area contributed by atoms with Crippen molar-refractivity contribution in [1.29, 1.82) is 0 Å². The van der Waals surface area contributed by atoms with Gasteiger partial charge >= 0.3 is 0 Å². The number of thioether (sulfide) groups is 1. The van der Waals surface area contributed by atoms with E-state index in [2.05, 4.69) is 86.4 Å². The number of fused-ring (bicyclic) bond motifs is 1. The van der Waals surface area contributed by atoms with E-state index in [1.807, 2.05) is 4.68 Å². The maximum absolute atomic E-state index is 4.84. The molecule has 0 fully saturated rings. The van der Waals surface area contributed by atoms with Crippen molar-refractivity contribution in [2.75, 3.05) is 5.75 Å². The largest absolute Gasteiger partial charge is 0.212 e. The van der Waals surface area contributed by atoms with Gasteiger partial charge in [0.25, 0.3) is 0 Å². The van der Waals surface area contributed by atoms with Crippen LogP contribution in [0.15, 0.2) is 58.8 Å². The summed E-state index contributed by atoms with van der Waals surface area (Å²) in [5.74, 6) is 1.60. The van der Waals surface area contributed by atoms with Gasteiger partial charge in [-0.05, 0) is 23.5 Å². The third-order valence-electron chi connectivity index (χ3n) is 4.56. The van der Waals surface area contributed by atoms with Gasteiger partial charge < -0.3 is 0 Å². The average molecular weight is 443 g/mol. The first-order valence-corrected chi connectivity index (χ1v) is 9.74. The maximum atomic E-state index is 4.84. The van der Waals surface area contributed by atoms with Crippen molar-refractivity contribution in [3.05, 3.63) is 65.2 Å². The molecule has 4 rings (SSSR count). The molecular weight excluding hydrogens is 420 g/mol. The quantitative estimate of drug-likeness (QED) is 0.526. The number of benzene rings is 2. The zero-order valence-corrected chi connectivity index (χ0v) is 18.5. The molecule has 0 saturated heterocycles. The van der Waals surface area contributed by atoms with Gasteiger partial charge in [0.2, 0.25) is 5.16 Å². The van der Waals surface area contributed by atoms with Crippen molar-refractivity contribution in [3.8, 4) is 11.4 Å². The van der Waals surface area contributed by atoms with E-state index in [4.69, 9.17) is 5.10 Å². The van der Waals surface area contributed by atoms with Crippen molar-refractivity contribution < 1.29 is 0 Å². The minimum atomic E-state index is 0. The van der Waals surface area contributed by atoms with Gasteiger partial charge in [-0.25, -0.2) is 0 Å². The Hall–Kier alpha value is -1.92. The van der Waals surface area contributed by atoms with Gasteiger partial charge in [-0.1, -0.05) is 86.6 Å². The number of hydrogen-bond acceptors (Lipinski definition) is 4. The molecule has 2 heterocycles. The molecule has 2 aromatic carbocycles. The summed E-state index contributed by atoms with van der Waals surface area (Å²) in [7, 11) is 0. The van der Waals surface area contributed by atoms with Crippen molar-refractivity contribution in [3.63, 3.8) is 0 Å². The van der Waals surface area contributed by atoms with E-state index >= 15 is 0 Å². The van der Waals surface area contributed by atoms with Crippen LogP contribution in [0.2, 0.25) is 0 Å². The molecule has 140 valence electrons. The van der Waals surface area contributed by atoms with Crippen LogP contribution in [0.5, 0.6) is 0 Å². The van der Waals surface area contributed by atoms with Crippen molar-refractivity contribution in [2.45, 2.75) is 38.3 Å². The van der Waals surface area contributed by atoms with E-state index in [0.29, 0.717) is 0 Å². The summed E-state index contributed by atoms with van der Waals surface area (Å²) in [5, 5.41) is 14.4. The lowest BCUT2D eigenvalue weighted by molar-refractivity contribution is 0.590. The molecule has 1 aromatic heterocycles. The second-order valence-electron chi connectivity index (χ2n) is 7.65. The van der Waals surface area contributed by atoms with E-state index in [1.165, 1.54) is 11.1 Å².